The van der Waals surface area contributed by atoms with Crippen LogP contribution in [0, 0.1) is 6.92 Å². The van der Waals surface area contributed by atoms with Crippen molar-refractivity contribution in [2.45, 2.75) is 58.8 Å². The summed E-state index contributed by atoms with van der Waals surface area (Å²) in [5.74, 6) is 1.31. The molecule has 162 valence electrons. The molecule has 1 aromatic heterocycles. The van der Waals surface area contributed by atoms with E-state index in [1.54, 1.807) is 6.20 Å². The lowest BCUT2D eigenvalue weighted by Crippen LogP contribution is -2.10. The van der Waals surface area contributed by atoms with Crippen LogP contribution >= 0.6 is 0 Å². The highest BCUT2D eigenvalue weighted by Crippen LogP contribution is 2.23. The van der Waals surface area contributed by atoms with Crippen LogP contribution in [0.1, 0.15) is 62.4 Å². The molecule has 0 atom stereocenters. The smallest absolute Gasteiger partial charge is 0.177 e. The fourth-order valence-electron chi connectivity index (χ4n) is 3.70. The summed E-state index contributed by atoms with van der Waals surface area (Å²) in [6.07, 6.45) is 16.4. The quantitative estimate of drug-likeness (QED) is 0.315. The van der Waals surface area contributed by atoms with Gasteiger partial charge in [-0.1, -0.05) is 55.4 Å². The van der Waals surface area contributed by atoms with E-state index in [1.807, 2.05) is 19.1 Å². The first-order valence-corrected chi connectivity index (χ1v) is 11.2. The zero-order valence-electron chi connectivity index (χ0n) is 19.0. The number of carbonyl (C=O) groups excluding carboxylic acids is 1. The Morgan fingerprint density at radius 1 is 1.23 bits per heavy atom. The van der Waals surface area contributed by atoms with Crippen molar-refractivity contribution in [2.24, 2.45) is 12.0 Å². The van der Waals surface area contributed by atoms with E-state index in [4.69, 9.17) is 4.98 Å². The second kappa shape index (κ2) is 10.9. The normalized spacial score (nSPS) is 13.2. The van der Waals surface area contributed by atoms with Gasteiger partial charge in [0, 0.05) is 44.3 Å². The van der Waals surface area contributed by atoms with Crippen LogP contribution in [-0.2, 0) is 18.3 Å². The summed E-state index contributed by atoms with van der Waals surface area (Å²) < 4.78 is 2.13. The fourth-order valence-corrected chi connectivity index (χ4v) is 3.70. The summed E-state index contributed by atoms with van der Waals surface area (Å²) in [7, 11) is 2.07. The van der Waals surface area contributed by atoms with Crippen molar-refractivity contribution in [1.29, 1.82) is 0 Å². The van der Waals surface area contributed by atoms with Crippen LogP contribution < -0.4 is 0 Å². The van der Waals surface area contributed by atoms with Crippen LogP contribution in [0.15, 0.2) is 59.9 Å². The molecule has 0 fully saturated rings. The van der Waals surface area contributed by atoms with Gasteiger partial charge in [-0.05, 0) is 43.9 Å². The Morgan fingerprint density at radius 3 is 2.77 bits per heavy atom. The van der Waals surface area contributed by atoms with Crippen molar-refractivity contribution >= 4 is 17.6 Å². The van der Waals surface area contributed by atoms with E-state index in [0.717, 1.165) is 60.5 Å². The number of hydrogen-bond donors (Lipinski definition) is 0. The fraction of sp³-hybridized carbons (Fsp3) is 0.370. The lowest BCUT2D eigenvalue weighted by atomic mass is 10.0. The average Bonchev–Trinajstić information content (AvgIpc) is 3.40. The van der Waals surface area contributed by atoms with Crippen LogP contribution in [-0.4, -0.2) is 21.0 Å². The molecule has 0 spiro atoms. The average molecular weight is 416 g/mol. The van der Waals surface area contributed by atoms with Crippen LogP contribution in [0.25, 0.3) is 17.3 Å². The molecule has 0 N–H and O–H groups in total. The molecule has 0 aliphatic carbocycles. The second-order valence-corrected chi connectivity index (χ2v) is 8.41. The van der Waals surface area contributed by atoms with E-state index >= 15 is 0 Å². The molecule has 2 aromatic rings. The van der Waals surface area contributed by atoms with Gasteiger partial charge in [-0.3, -0.25) is 9.79 Å². The Hall–Kier alpha value is -3.01. The van der Waals surface area contributed by atoms with Crippen LogP contribution in [0.4, 0.5) is 0 Å². The number of hydrogen-bond acceptors (Lipinski definition) is 3. The van der Waals surface area contributed by atoms with E-state index in [1.165, 1.54) is 11.1 Å². The van der Waals surface area contributed by atoms with Crippen LogP contribution in [0.5, 0.6) is 0 Å². The van der Waals surface area contributed by atoms with Crippen molar-refractivity contribution in [3.8, 4) is 11.3 Å². The Balaban J connectivity index is 1.50. The molecule has 2 heterocycles. The molecule has 1 aliphatic heterocycles. The largest absolute Gasteiger partial charge is 0.337 e. The number of nitrogens with zero attached hydrogens (tertiary/aromatic N) is 3. The SMILES string of the molecule is C=C(C)/C=C\c1cc(-c2cn(C)c(CCCCCCC(=O)C3=NC=CC3)n2)ccc1C. The van der Waals surface area contributed by atoms with E-state index < -0.39 is 0 Å². The number of aryl methyl sites for hydroxylation is 3. The molecule has 31 heavy (non-hydrogen) atoms. The maximum atomic E-state index is 12.0. The zero-order valence-corrected chi connectivity index (χ0v) is 19.0. The monoisotopic (exact) mass is 415 g/mol. The van der Waals surface area contributed by atoms with Gasteiger partial charge in [0.05, 0.1) is 11.4 Å². The van der Waals surface area contributed by atoms with E-state index in [0.29, 0.717) is 12.8 Å². The van der Waals surface area contributed by atoms with Crippen molar-refractivity contribution in [3.05, 3.63) is 71.9 Å². The highest BCUT2D eigenvalue weighted by Gasteiger charge is 2.12. The number of unbranched alkanes of at least 4 members (excludes halogenated alkanes) is 3. The third kappa shape index (κ3) is 6.48. The van der Waals surface area contributed by atoms with Gasteiger partial charge in [0.2, 0.25) is 0 Å². The third-order valence-electron chi connectivity index (χ3n) is 5.62. The summed E-state index contributed by atoms with van der Waals surface area (Å²) >= 11 is 0. The van der Waals surface area contributed by atoms with Gasteiger partial charge in [-0.2, -0.15) is 0 Å². The van der Waals surface area contributed by atoms with Crippen molar-refractivity contribution in [1.82, 2.24) is 9.55 Å². The topological polar surface area (TPSA) is 47.2 Å². The molecule has 1 aliphatic rings. The Morgan fingerprint density at radius 2 is 2.03 bits per heavy atom. The Labute approximate surface area is 186 Å². The minimum atomic E-state index is 0.203. The molecule has 4 heteroatoms. The number of Topliss-reactive ketones (excluding diaryl/α,β-unsaturated/α-hetero) is 1. The summed E-state index contributed by atoms with van der Waals surface area (Å²) in [5, 5.41) is 0. The van der Waals surface area contributed by atoms with Gasteiger partial charge in [-0.15, -0.1) is 0 Å². The number of ketones is 1. The highest BCUT2D eigenvalue weighted by molar-refractivity contribution is 6.40. The van der Waals surface area contributed by atoms with Gasteiger partial charge < -0.3 is 4.57 Å². The molecule has 0 radical (unpaired) electrons. The van der Waals surface area contributed by atoms with Gasteiger partial charge in [-0.25, -0.2) is 4.98 Å². The standard InChI is InChI=1S/C27H33N3O/c1-20(2)13-15-22-18-23(16-14-21(22)3)25-19-30(4)27(29-25)12-8-6-5-7-11-26(31)24-10-9-17-28-24/h9,13-19H,1,5-8,10-12H2,2-4H3/b15-13-. The lowest BCUT2D eigenvalue weighted by Gasteiger charge is -2.04. The summed E-state index contributed by atoms with van der Waals surface area (Å²) in [4.78, 5) is 21.0. The molecule has 1 aromatic carbocycles. The van der Waals surface area contributed by atoms with Crippen LogP contribution in [0.2, 0.25) is 0 Å². The molecule has 0 saturated carbocycles. The number of carbonyl (C=O) groups is 1. The number of aliphatic imine (C=N–C) groups is 1. The number of allylic oxidation sites excluding steroid dienone is 3. The molecule has 0 unspecified atom stereocenters. The van der Waals surface area contributed by atoms with E-state index in [2.05, 4.69) is 60.6 Å². The summed E-state index contributed by atoms with van der Waals surface area (Å²) in [6.45, 7) is 8.06. The molecular formula is C27H33N3O. The van der Waals surface area contributed by atoms with Crippen molar-refractivity contribution < 1.29 is 4.79 Å². The second-order valence-electron chi connectivity index (χ2n) is 8.41. The number of imidazole rings is 1. The molecule has 3 rings (SSSR count). The zero-order chi connectivity index (χ0) is 22.2. The molecular weight excluding hydrogens is 382 g/mol. The summed E-state index contributed by atoms with van der Waals surface area (Å²) in [5.41, 5.74) is 6.35. The van der Waals surface area contributed by atoms with E-state index in [9.17, 15) is 4.79 Å². The Kier molecular flexibility index (Phi) is 7.94. The molecule has 4 nitrogen and oxygen atoms in total. The highest BCUT2D eigenvalue weighted by atomic mass is 16.1. The first-order valence-electron chi connectivity index (χ1n) is 11.2. The minimum Gasteiger partial charge on any atom is -0.337 e. The van der Waals surface area contributed by atoms with E-state index in [-0.39, 0.29) is 5.78 Å². The third-order valence-corrected chi connectivity index (χ3v) is 5.62. The molecule has 0 amide bonds. The molecule has 0 saturated heterocycles. The van der Waals surface area contributed by atoms with Gasteiger partial charge in [0.1, 0.15) is 5.82 Å². The first kappa shape index (κ1) is 22.7. The number of benzene rings is 1. The van der Waals surface area contributed by atoms with Crippen molar-refractivity contribution in [2.75, 3.05) is 0 Å². The van der Waals surface area contributed by atoms with Crippen LogP contribution in [0.3, 0.4) is 0 Å². The predicted molar refractivity (Wildman–Crippen MR) is 130 cm³/mol. The van der Waals surface area contributed by atoms with Gasteiger partial charge in [0.25, 0.3) is 0 Å². The first-order chi connectivity index (χ1) is 14.9. The van der Waals surface area contributed by atoms with Crippen molar-refractivity contribution in [3.63, 3.8) is 0 Å². The lowest BCUT2D eigenvalue weighted by molar-refractivity contribution is -0.113. The number of rotatable bonds is 11. The predicted octanol–water partition coefficient (Wildman–Crippen LogP) is 6.41. The minimum absolute atomic E-state index is 0.203. The number of aromatic nitrogens is 2. The Bertz CT molecular complexity index is 1040. The maximum absolute atomic E-state index is 12.0. The molecule has 0 bridgehead atoms. The van der Waals surface area contributed by atoms with Gasteiger partial charge in [0.15, 0.2) is 5.78 Å². The summed E-state index contributed by atoms with van der Waals surface area (Å²) in [6, 6.07) is 6.49. The maximum Gasteiger partial charge on any atom is 0.177 e. The van der Waals surface area contributed by atoms with Gasteiger partial charge >= 0.3 is 0 Å².